The minimum atomic E-state index is -1.08. The van der Waals surface area contributed by atoms with Crippen LogP contribution in [0.5, 0.6) is 0 Å². The molecule has 0 fully saturated rings. The van der Waals surface area contributed by atoms with E-state index in [1.54, 1.807) is 29.0 Å². The van der Waals surface area contributed by atoms with Gasteiger partial charge in [0, 0.05) is 54.1 Å². The minimum Gasteiger partial charge on any atom is -0.467 e. The number of benzene rings is 2. The number of ether oxygens (including phenoxy) is 1. The van der Waals surface area contributed by atoms with E-state index in [0.717, 1.165) is 35.8 Å². The van der Waals surface area contributed by atoms with Crippen LogP contribution in [0.15, 0.2) is 97.0 Å². The Bertz CT molecular complexity index is 3300. The fourth-order valence-corrected chi connectivity index (χ4v) is 13.7. The standard InChI is InChI=1S/C43H36ClFN7O5S5/c1-6-51-35(61-37(39(51)53)41-48(3)29-12-10-24(44)16-32(29)59-41)20-34-50(21-27-15-23(2)57-47-27)22-28(58-34)19-31(43(55)56-5)52-36(18-26-9-7-8-14-46-26)62-38(40(52)54)42-49(4)30-13-11-25(45)17-33(30)60-42/h7-18,20,22,31H,6,19,21H2,1-5H3/q+1/b36-18-,41-37+,42-38+/t31-/m1/s1. The van der Waals surface area contributed by atoms with Crippen LogP contribution >= 0.6 is 69.1 Å². The fourth-order valence-electron chi connectivity index (χ4n) is 7.31. The highest BCUT2D eigenvalue weighted by Gasteiger charge is 2.32. The molecule has 0 bridgehead atoms. The van der Waals surface area contributed by atoms with Crippen LogP contribution in [-0.2, 0) is 29.0 Å². The van der Waals surface area contributed by atoms with Gasteiger partial charge < -0.3 is 19.1 Å². The fraction of sp³-hybridized carbons (Fsp3) is 0.209. The van der Waals surface area contributed by atoms with Crippen molar-refractivity contribution in [1.29, 1.82) is 0 Å². The Morgan fingerprint density at radius 1 is 0.935 bits per heavy atom. The molecule has 0 N–H and O–H groups in total. The monoisotopic (exact) mass is 944 g/mol. The average Bonchev–Trinajstić information content (AvgIpc) is 4.10. The molecular weight excluding hydrogens is 909 g/mol. The van der Waals surface area contributed by atoms with Crippen LogP contribution in [0.3, 0.4) is 0 Å². The van der Waals surface area contributed by atoms with Gasteiger partial charge in [-0.25, -0.2) is 9.18 Å². The first-order chi connectivity index (χ1) is 29.9. The van der Waals surface area contributed by atoms with E-state index in [-0.39, 0.29) is 23.4 Å². The van der Waals surface area contributed by atoms with Gasteiger partial charge in [-0.15, -0.1) is 22.7 Å². The van der Waals surface area contributed by atoms with Crippen molar-refractivity contribution in [3.63, 3.8) is 0 Å². The number of thioether (sulfide) groups is 2. The van der Waals surface area contributed by atoms with Crippen molar-refractivity contribution in [3.8, 4) is 0 Å². The molecule has 62 heavy (non-hydrogen) atoms. The summed E-state index contributed by atoms with van der Waals surface area (Å²) < 4.78 is 32.6. The van der Waals surface area contributed by atoms with Crippen LogP contribution in [0.25, 0.3) is 22.2 Å². The van der Waals surface area contributed by atoms with Crippen molar-refractivity contribution < 1.29 is 23.0 Å². The average molecular weight is 946 g/mol. The normalized spacial score (nSPS) is 16.4. The summed E-state index contributed by atoms with van der Waals surface area (Å²) in [5.74, 6) is -0.316. The zero-order valence-electron chi connectivity index (χ0n) is 33.8. The molecule has 0 saturated heterocycles. The number of aromatic nitrogens is 5. The smallest absolute Gasteiger partial charge is 0.329 e. The largest absolute Gasteiger partial charge is 0.467 e. The molecule has 2 aromatic carbocycles. The third kappa shape index (κ3) is 7.88. The maximum Gasteiger partial charge on any atom is 0.329 e. The molecule has 5 aromatic heterocycles. The highest BCUT2D eigenvalue weighted by atomic mass is 35.5. The first kappa shape index (κ1) is 42.1. The van der Waals surface area contributed by atoms with E-state index in [9.17, 15) is 18.8 Å². The molecule has 0 saturated carbocycles. The van der Waals surface area contributed by atoms with E-state index < -0.39 is 12.0 Å². The second kappa shape index (κ2) is 17.1. The predicted molar refractivity (Wildman–Crippen MR) is 246 cm³/mol. The van der Waals surface area contributed by atoms with Gasteiger partial charge in [0.2, 0.25) is 0 Å². The number of anilines is 2. The number of fused-ring (bicyclic) bond motifs is 2. The summed E-state index contributed by atoms with van der Waals surface area (Å²) in [5.41, 5.74) is 2.55. The van der Waals surface area contributed by atoms with E-state index >= 15 is 0 Å². The van der Waals surface area contributed by atoms with Gasteiger partial charge in [0.1, 0.15) is 51.8 Å². The summed E-state index contributed by atoms with van der Waals surface area (Å²) in [6, 6.07) is 16.5. The summed E-state index contributed by atoms with van der Waals surface area (Å²) in [6.07, 6.45) is 7.46. The number of thiazole rings is 3. The number of rotatable bonds is 9. The summed E-state index contributed by atoms with van der Waals surface area (Å²) >= 11 is 13.2. The number of esters is 1. The third-order valence-electron chi connectivity index (χ3n) is 10.3. The molecule has 2 aliphatic rings. The van der Waals surface area contributed by atoms with E-state index in [4.69, 9.17) is 20.9 Å². The summed E-state index contributed by atoms with van der Waals surface area (Å²) in [4.78, 5) is 53.6. The van der Waals surface area contributed by atoms with Gasteiger partial charge in [0.25, 0.3) is 16.1 Å². The quantitative estimate of drug-likeness (QED) is 0.139. The molecule has 7 aromatic rings. The molecule has 316 valence electrons. The molecule has 0 radical (unpaired) electrons. The lowest BCUT2D eigenvalue weighted by Gasteiger charge is -2.15. The molecular formula is C43H36ClFN7O5S5+. The molecule has 12 nitrogen and oxygen atoms in total. The number of hydrogen-bond donors (Lipinski definition) is 0. The Kier molecular flexibility index (Phi) is 11.6. The van der Waals surface area contributed by atoms with E-state index in [2.05, 4.69) is 10.1 Å². The number of halogens is 2. The molecule has 0 aliphatic carbocycles. The Hall–Kier alpha value is -5.24. The van der Waals surface area contributed by atoms with Gasteiger partial charge in [-0.1, -0.05) is 57.7 Å². The van der Waals surface area contributed by atoms with Crippen LogP contribution in [0.1, 0.15) is 40.0 Å². The molecule has 7 heterocycles. The third-order valence-corrected chi connectivity index (χ3v) is 16.5. The van der Waals surface area contributed by atoms with Crippen molar-refractivity contribution in [1.82, 2.24) is 19.3 Å². The Morgan fingerprint density at radius 3 is 2.32 bits per heavy atom. The molecule has 1 atom stereocenters. The van der Waals surface area contributed by atoms with Crippen LogP contribution in [-0.4, -0.2) is 46.4 Å². The zero-order chi connectivity index (χ0) is 43.4. The van der Waals surface area contributed by atoms with Gasteiger partial charge >= 0.3 is 5.97 Å². The Labute approximate surface area is 378 Å². The maximum absolute atomic E-state index is 14.8. The SMILES string of the molecule is CCn1c(=O)/c(=C2\Sc3cc(Cl)ccc3N2C)s/c1=C\c1sc(C[C@H](C(=O)OC)n2c(=O)/c(=C3\Sc4cc(F)ccc4N3C)s/c2=C\c2ccccn2)c[n+]1Cc1cc(C)on1. The van der Waals surface area contributed by atoms with E-state index in [1.807, 2.05) is 91.0 Å². The second-order valence-electron chi connectivity index (χ2n) is 14.3. The molecule has 19 heteroatoms. The minimum absolute atomic E-state index is 0.0975. The molecule has 0 unspecified atom stereocenters. The Balaban J connectivity index is 1.19. The summed E-state index contributed by atoms with van der Waals surface area (Å²) in [5, 5.41) is 7.11. The molecule has 2 aliphatic heterocycles. The second-order valence-corrected chi connectivity index (χ2v) is 20.0. The topological polar surface area (TPSA) is 120 Å². The van der Waals surface area contributed by atoms with Gasteiger partial charge in [0.05, 0.1) is 35.1 Å². The summed E-state index contributed by atoms with van der Waals surface area (Å²) in [7, 11) is 5.09. The number of nitrogens with zero attached hydrogens (tertiary/aromatic N) is 7. The lowest BCUT2D eigenvalue weighted by atomic mass is 10.2. The van der Waals surface area contributed by atoms with Gasteiger partial charge in [-0.3, -0.25) is 23.7 Å². The first-order valence-electron chi connectivity index (χ1n) is 19.2. The highest BCUT2D eigenvalue weighted by molar-refractivity contribution is 8.09. The number of carbonyl (C=O) groups is 1. The van der Waals surface area contributed by atoms with Gasteiger partial charge in [-0.05, 0) is 68.5 Å². The molecule has 0 spiro atoms. The lowest BCUT2D eigenvalue weighted by molar-refractivity contribution is -0.686. The number of methoxy groups -OCH3 is 1. The number of pyridine rings is 1. The molecule has 0 amide bonds. The van der Waals surface area contributed by atoms with Crippen molar-refractivity contribution in [3.05, 3.63) is 150 Å². The van der Waals surface area contributed by atoms with E-state index in [1.165, 1.54) is 81.3 Å². The van der Waals surface area contributed by atoms with E-state index in [0.29, 0.717) is 58.9 Å². The number of hydrogen-bond acceptors (Lipinski definition) is 14. The zero-order valence-corrected chi connectivity index (χ0v) is 38.6. The predicted octanol–water partition coefficient (Wildman–Crippen LogP) is 5.26. The highest BCUT2D eigenvalue weighted by Crippen LogP contribution is 2.47. The van der Waals surface area contributed by atoms with Crippen LogP contribution in [0.2, 0.25) is 5.02 Å². The van der Waals surface area contributed by atoms with Crippen molar-refractivity contribution in [2.24, 2.45) is 0 Å². The first-order valence-corrected chi connectivity index (χ1v) is 23.6. The van der Waals surface area contributed by atoms with Crippen molar-refractivity contribution in [2.75, 3.05) is 31.0 Å². The van der Waals surface area contributed by atoms with Crippen LogP contribution < -0.4 is 43.9 Å². The van der Waals surface area contributed by atoms with Crippen LogP contribution in [0, 0.1) is 12.7 Å². The lowest BCUT2D eigenvalue weighted by Crippen LogP contribution is -2.40. The number of carbonyl (C=O) groups excluding carboxylic acids is 1. The Morgan fingerprint density at radius 2 is 1.65 bits per heavy atom. The van der Waals surface area contributed by atoms with Gasteiger partial charge in [0.15, 0.2) is 12.7 Å². The van der Waals surface area contributed by atoms with Crippen LogP contribution in [0.4, 0.5) is 15.8 Å². The maximum atomic E-state index is 14.8. The molecule has 9 rings (SSSR count). The summed E-state index contributed by atoms with van der Waals surface area (Å²) in [6.45, 7) is 4.55. The number of aryl methyl sites for hydroxylation is 1. The van der Waals surface area contributed by atoms with Gasteiger partial charge in [-0.2, -0.15) is 4.57 Å². The van der Waals surface area contributed by atoms with Crippen molar-refractivity contribution >= 4 is 109 Å². The van der Waals surface area contributed by atoms with Crippen molar-refractivity contribution in [2.45, 2.75) is 49.2 Å².